The second kappa shape index (κ2) is 19.5. The van der Waals surface area contributed by atoms with Crippen molar-refractivity contribution in [2.75, 3.05) is 13.2 Å². The van der Waals surface area contributed by atoms with Gasteiger partial charge in [0.15, 0.2) is 0 Å². The van der Waals surface area contributed by atoms with Crippen LogP contribution in [0, 0.1) is 11.8 Å². The van der Waals surface area contributed by atoms with Crippen LogP contribution in [0.25, 0.3) is 67.9 Å². The Hall–Kier alpha value is -5.22. The van der Waals surface area contributed by atoms with E-state index in [1.807, 2.05) is 0 Å². The lowest BCUT2D eigenvalue weighted by molar-refractivity contribution is 0.227. The molecular formula is C54H64N2O2. The van der Waals surface area contributed by atoms with Gasteiger partial charge >= 0.3 is 0 Å². The van der Waals surface area contributed by atoms with Gasteiger partial charge in [0.25, 0.3) is 0 Å². The summed E-state index contributed by atoms with van der Waals surface area (Å²) in [6.45, 7) is 16.9. The highest BCUT2D eigenvalue weighted by atomic mass is 16.5. The van der Waals surface area contributed by atoms with Crippen LogP contribution in [-0.2, 0) is 13.1 Å². The van der Waals surface area contributed by atoms with Gasteiger partial charge in [-0.05, 0) is 98.2 Å². The fourth-order valence-electron chi connectivity index (χ4n) is 8.72. The number of hydrogen-bond donors (Lipinski definition) is 0. The zero-order chi connectivity index (χ0) is 40.4. The number of nitrogens with zero attached hydrogens (tertiary/aromatic N) is 2. The number of hydrogen-bond acceptors (Lipinski definition) is 2. The SMILES string of the molecule is CCCCC(CC)COc1cc(C=Cc2ccc3c(c2)c2ccccc2n3CC)c(OCC(CC)CCCC)cc1C=Cc1ccc2c(c1)c1ccccc1n2CC. The van der Waals surface area contributed by atoms with Crippen LogP contribution >= 0.6 is 0 Å². The van der Waals surface area contributed by atoms with Crippen molar-refractivity contribution >= 4 is 67.9 Å². The van der Waals surface area contributed by atoms with E-state index in [-0.39, 0.29) is 0 Å². The highest BCUT2D eigenvalue weighted by Crippen LogP contribution is 2.36. The van der Waals surface area contributed by atoms with Gasteiger partial charge in [-0.15, -0.1) is 0 Å². The van der Waals surface area contributed by atoms with Gasteiger partial charge in [0.1, 0.15) is 11.5 Å². The number of fused-ring (bicyclic) bond motifs is 6. The standard InChI is InChI=1S/C54H64N2O2/c1-7-13-19-39(9-3)37-57-53-35-44(30-26-42-28-32-52-48(34-42)46-22-16-18-24-50(46)56(52)12-6)54(58-38-40(10-4)20-14-8-2)36-43(53)29-25-41-27-31-51-47(33-41)45-21-15-17-23-49(45)55(51)11-5/h15-18,21-36,39-40H,7-14,19-20,37-38H2,1-6H3. The van der Waals surface area contributed by atoms with Gasteiger partial charge in [0, 0.05) is 67.8 Å². The Morgan fingerprint density at radius 2 is 0.879 bits per heavy atom. The monoisotopic (exact) mass is 772 g/mol. The molecule has 2 unspecified atom stereocenters. The van der Waals surface area contributed by atoms with E-state index in [0.29, 0.717) is 25.0 Å². The molecule has 58 heavy (non-hydrogen) atoms. The number of unbranched alkanes of at least 4 members (excludes halogenated alkanes) is 2. The quantitative estimate of drug-likeness (QED) is 0.0722. The first kappa shape index (κ1) is 41.0. The molecule has 0 aliphatic rings. The van der Waals surface area contributed by atoms with Crippen molar-refractivity contribution in [3.63, 3.8) is 0 Å². The molecule has 0 aliphatic heterocycles. The normalized spacial score (nSPS) is 13.2. The fourth-order valence-corrected chi connectivity index (χ4v) is 8.72. The molecule has 0 saturated heterocycles. The topological polar surface area (TPSA) is 28.3 Å². The summed E-state index contributed by atoms with van der Waals surface area (Å²) in [6, 6.07) is 35.7. The molecule has 0 saturated carbocycles. The molecule has 302 valence electrons. The lowest BCUT2D eigenvalue weighted by Gasteiger charge is -2.20. The molecule has 0 spiro atoms. The van der Waals surface area contributed by atoms with Crippen molar-refractivity contribution < 1.29 is 9.47 Å². The Morgan fingerprint density at radius 1 is 0.466 bits per heavy atom. The molecule has 2 heterocycles. The third-order valence-corrected chi connectivity index (χ3v) is 12.3. The summed E-state index contributed by atoms with van der Waals surface area (Å²) in [6.07, 6.45) is 18.4. The van der Waals surface area contributed by atoms with E-state index in [1.54, 1.807) is 0 Å². The van der Waals surface area contributed by atoms with Crippen LogP contribution in [0.2, 0.25) is 0 Å². The first-order chi connectivity index (χ1) is 28.5. The van der Waals surface area contributed by atoms with Crippen LogP contribution in [0.15, 0.2) is 97.1 Å². The van der Waals surface area contributed by atoms with E-state index >= 15 is 0 Å². The molecule has 0 amide bonds. The average molecular weight is 773 g/mol. The van der Waals surface area contributed by atoms with E-state index in [2.05, 4.69) is 172 Å². The van der Waals surface area contributed by atoms with Gasteiger partial charge in [-0.25, -0.2) is 0 Å². The molecule has 0 aliphatic carbocycles. The maximum atomic E-state index is 6.84. The van der Waals surface area contributed by atoms with Crippen molar-refractivity contribution in [3.05, 3.63) is 119 Å². The molecule has 0 fully saturated rings. The molecule has 2 aromatic heterocycles. The third-order valence-electron chi connectivity index (χ3n) is 12.3. The minimum atomic E-state index is 0.519. The average Bonchev–Trinajstić information content (AvgIpc) is 3.76. The Morgan fingerprint density at radius 3 is 1.28 bits per heavy atom. The lowest BCUT2D eigenvalue weighted by Crippen LogP contribution is -2.13. The predicted octanol–water partition coefficient (Wildman–Crippen LogP) is 15.5. The highest BCUT2D eigenvalue weighted by Gasteiger charge is 2.16. The number of rotatable bonds is 20. The highest BCUT2D eigenvalue weighted by molar-refractivity contribution is 6.09. The van der Waals surface area contributed by atoms with Gasteiger partial charge in [0.05, 0.1) is 13.2 Å². The second-order valence-corrected chi connectivity index (χ2v) is 16.1. The van der Waals surface area contributed by atoms with Crippen molar-refractivity contribution in [1.29, 1.82) is 0 Å². The summed E-state index contributed by atoms with van der Waals surface area (Å²) >= 11 is 0. The Labute approximate surface area is 347 Å². The zero-order valence-corrected chi connectivity index (χ0v) is 35.9. The maximum Gasteiger partial charge on any atom is 0.127 e. The molecular weight excluding hydrogens is 709 g/mol. The summed E-state index contributed by atoms with van der Waals surface area (Å²) in [4.78, 5) is 0. The number of ether oxygens (including phenoxy) is 2. The molecule has 7 rings (SSSR count). The second-order valence-electron chi connectivity index (χ2n) is 16.1. The lowest BCUT2D eigenvalue weighted by atomic mass is 10.00. The first-order valence-corrected chi connectivity index (χ1v) is 22.3. The molecule has 0 bridgehead atoms. The van der Waals surface area contributed by atoms with Crippen LogP contribution in [0.5, 0.6) is 11.5 Å². The van der Waals surface area contributed by atoms with Crippen molar-refractivity contribution in [1.82, 2.24) is 9.13 Å². The maximum absolute atomic E-state index is 6.84. The Bertz CT molecular complexity index is 2340. The summed E-state index contributed by atoms with van der Waals surface area (Å²) < 4.78 is 18.5. The summed E-state index contributed by atoms with van der Waals surface area (Å²) in [5, 5.41) is 5.17. The summed E-state index contributed by atoms with van der Waals surface area (Å²) in [5.41, 5.74) is 9.55. The van der Waals surface area contributed by atoms with E-state index in [1.165, 1.54) is 93.3 Å². The minimum Gasteiger partial charge on any atom is -0.493 e. The molecule has 5 aromatic carbocycles. The van der Waals surface area contributed by atoms with Crippen LogP contribution in [0.3, 0.4) is 0 Å². The van der Waals surface area contributed by atoms with E-state index in [4.69, 9.17) is 9.47 Å². The first-order valence-electron chi connectivity index (χ1n) is 22.3. The molecule has 4 nitrogen and oxygen atoms in total. The number of benzene rings is 5. The Balaban J connectivity index is 1.29. The number of para-hydroxylation sites is 2. The zero-order valence-electron chi connectivity index (χ0n) is 35.9. The van der Waals surface area contributed by atoms with E-state index in [0.717, 1.165) is 48.6 Å². The summed E-state index contributed by atoms with van der Waals surface area (Å²) in [5.74, 6) is 2.85. The van der Waals surface area contributed by atoms with Crippen molar-refractivity contribution in [2.24, 2.45) is 11.8 Å². The van der Waals surface area contributed by atoms with Crippen molar-refractivity contribution in [3.8, 4) is 11.5 Å². The molecule has 2 atom stereocenters. The summed E-state index contributed by atoms with van der Waals surface area (Å²) in [7, 11) is 0. The molecule has 0 radical (unpaired) electrons. The predicted molar refractivity (Wildman–Crippen MR) is 252 cm³/mol. The van der Waals surface area contributed by atoms with Gasteiger partial charge in [-0.1, -0.05) is 139 Å². The van der Waals surface area contributed by atoms with E-state index < -0.39 is 0 Å². The molecule has 7 aromatic rings. The van der Waals surface area contributed by atoms with Gasteiger partial charge in [-0.3, -0.25) is 0 Å². The van der Waals surface area contributed by atoms with Gasteiger partial charge in [-0.2, -0.15) is 0 Å². The van der Waals surface area contributed by atoms with Gasteiger partial charge in [0.2, 0.25) is 0 Å². The molecule has 0 N–H and O–H groups in total. The fraction of sp³-hybridized carbons (Fsp3) is 0.370. The van der Waals surface area contributed by atoms with Crippen molar-refractivity contribution in [2.45, 2.75) is 106 Å². The third kappa shape index (κ3) is 8.92. The van der Waals surface area contributed by atoms with Crippen LogP contribution in [-0.4, -0.2) is 22.3 Å². The van der Waals surface area contributed by atoms with Crippen LogP contribution < -0.4 is 9.47 Å². The number of aromatic nitrogens is 2. The van der Waals surface area contributed by atoms with Gasteiger partial charge < -0.3 is 18.6 Å². The van der Waals surface area contributed by atoms with Crippen LogP contribution in [0.4, 0.5) is 0 Å². The minimum absolute atomic E-state index is 0.519. The van der Waals surface area contributed by atoms with Crippen LogP contribution in [0.1, 0.15) is 115 Å². The largest absolute Gasteiger partial charge is 0.493 e. The molecule has 4 heteroatoms. The number of aryl methyl sites for hydroxylation is 2. The van der Waals surface area contributed by atoms with E-state index in [9.17, 15) is 0 Å². The smallest absolute Gasteiger partial charge is 0.127 e. The Kier molecular flexibility index (Phi) is 13.8.